The van der Waals surface area contributed by atoms with Crippen molar-refractivity contribution in [1.29, 1.82) is 0 Å². The van der Waals surface area contributed by atoms with Crippen LogP contribution in [0.3, 0.4) is 0 Å². The molecule has 0 atom stereocenters. The van der Waals surface area contributed by atoms with E-state index in [0.717, 1.165) is 15.6 Å². The van der Waals surface area contributed by atoms with Crippen LogP contribution in [0.1, 0.15) is 35.8 Å². The van der Waals surface area contributed by atoms with Gasteiger partial charge in [-0.3, -0.25) is 0 Å². The Labute approximate surface area is 113 Å². The van der Waals surface area contributed by atoms with E-state index in [2.05, 4.69) is 34.9 Å². The van der Waals surface area contributed by atoms with Gasteiger partial charge in [0.1, 0.15) is 0 Å². The fourth-order valence-electron chi connectivity index (χ4n) is 1.75. The number of rotatable bonds is 3. The van der Waals surface area contributed by atoms with E-state index in [1.54, 1.807) is 0 Å². The number of aromatic nitrogens is 1. The minimum absolute atomic E-state index is 0.0836. The van der Waals surface area contributed by atoms with Gasteiger partial charge in [-0.1, -0.05) is 41.0 Å². The summed E-state index contributed by atoms with van der Waals surface area (Å²) in [5, 5.41) is 12.4. The number of carbonyl (C=O) groups is 1. The van der Waals surface area contributed by atoms with E-state index < -0.39 is 5.97 Å². The quantitative estimate of drug-likeness (QED) is 0.933. The van der Waals surface area contributed by atoms with Crippen molar-refractivity contribution in [2.45, 2.75) is 19.8 Å². The van der Waals surface area contributed by atoms with Crippen LogP contribution in [-0.2, 0) is 0 Å². The van der Waals surface area contributed by atoms with Crippen LogP contribution in [0.2, 0.25) is 0 Å². The third kappa shape index (κ3) is 2.46. The Morgan fingerprint density at radius 1 is 1.39 bits per heavy atom. The molecule has 0 bridgehead atoms. The van der Waals surface area contributed by atoms with Crippen LogP contribution < -0.4 is 0 Å². The van der Waals surface area contributed by atoms with E-state index in [1.807, 2.05) is 18.2 Å². The summed E-state index contributed by atoms with van der Waals surface area (Å²) in [5.41, 5.74) is 1.87. The van der Waals surface area contributed by atoms with Gasteiger partial charge in [-0.15, -0.1) is 0 Å². The minimum Gasteiger partial charge on any atom is -0.476 e. The number of hydrogen-bond donors (Lipinski definition) is 1. The maximum atomic E-state index is 10.8. The average Bonchev–Trinajstić information content (AvgIpc) is 2.77. The summed E-state index contributed by atoms with van der Waals surface area (Å²) < 4.78 is 6.02. The Morgan fingerprint density at radius 3 is 2.67 bits per heavy atom. The highest BCUT2D eigenvalue weighted by Gasteiger charge is 2.16. The van der Waals surface area contributed by atoms with Gasteiger partial charge in [0.2, 0.25) is 0 Å². The van der Waals surface area contributed by atoms with Crippen molar-refractivity contribution in [3.05, 3.63) is 40.0 Å². The Hall–Kier alpha value is -1.62. The van der Waals surface area contributed by atoms with Crippen LogP contribution in [-0.4, -0.2) is 16.2 Å². The normalized spacial score (nSPS) is 10.9. The highest BCUT2D eigenvalue weighted by molar-refractivity contribution is 9.10. The predicted octanol–water partition coefficient (Wildman–Crippen LogP) is 3.93. The zero-order valence-corrected chi connectivity index (χ0v) is 11.6. The fraction of sp³-hybridized carbons (Fsp3) is 0.231. The third-order valence-electron chi connectivity index (χ3n) is 2.63. The second-order valence-corrected chi connectivity index (χ2v) is 5.18. The van der Waals surface area contributed by atoms with Gasteiger partial charge < -0.3 is 9.63 Å². The van der Waals surface area contributed by atoms with E-state index >= 15 is 0 Å². The van der Waals surface area contributed by atoms with Crippen LogP contribution in [0.4, 0.5) is 0 Å². The molecule has 0 fully saturated rings. The van der Waals surface area contributed by atoms with Crippen molar-refractivity contribution in [1.82, 2.24) is 5.16 Å². The van der Waals surface area contributed by atoms with E-state index in [9.17, 15) is 4.79 Å². The molecule has 0 aliphatic carbocycles. The van der Waals surface area contributed by atoms with Crippen LogP contribution in [0.5, 0.6) is 0 Å². The fourth-order valence-corrected chi connectivity index (χ4v) is 2.11. The SMILES string of the molecule is CC(C)c1ccc(Br)cc1-c1cc(C(=O)O)no1. The first-order chi connectivity index (χ1) is 8.49. The molecule has 18 heavy (non-hydrogen) atoms. The molecule has 4 nitrogen and oxygen atoms in total. The third-order valence-corrected chi connectivity index (χ3v) is 3.13. The summed E-state index contributed by atoms with van der Waals surface area (Å²) in [6.45, 7) is 4.14. The number of hydrogen-bond acceptors (Lipinski definition) is 3. The molecule has 1 heterocycles. The second-order valence-electron chi connectivity index (χ2n) is 4.27. The van der Waals surface area contributed by atoms with E-state index in [4.69, 9.17) is 9.63 Å². The Kier molecular flexibility index (Phi) is 3.52. The first-order valence-electron chi connectivity index (χ1n) is 5.49. The number of carboxylic acid groups (broad SMARTS) is 1. The molecule has 0 aliphatic rings. The minimum atomic E-state index is -1.09. The smallest absolute Gasteiger partial charge is 0.358 e. The topological polar surface area (TPSA) is 63.3 Å². The zero-order chi connectivity index (χ0) is 13.3. The van der Waals surface area contributed by atoms with E-state index in [0.29, 0.717) is 11.7 Å². The van der Waals surface area contributed by atoms with Gasteiger partial charge in [-0.2, -0.15) is 0 Å². The number of benzene rings is 1. The summed E-state index contributed by atoms with van der Waals surface area (Å²) in [6.07, 6.45) is 0. The maximum absolute atomic E-state index is 10.8. The van der Waals surface area contributed by atoms with Crippen molar-refractivity contribution in [3.63, 3.8) is 0 Å². The van der Waals surface area contributed by atoms with E-state index in [-0.39, 0.29) is 5.69 Å². The molecule has 1 aromatic heterocycles. The Bertz CT molecular complexity index is 590. The van der Waals surface area contributed by atoms with E-state index in [1.165, 1.54) is 6.07 Å². The molecule has 0 saturated heterocycles. The standard InChI is InChI=1S/C13H12BrNO3/c1-7(2)9-4-3-8(14)5-10(9)12-6-11(13(16)17)15-18-12/h3-7H,1-2H3,(H,16,17). The molecule has 2 aromatic rings. The molecule has 1 N–H and O–H groups in total. The summed E-state index contributed by atoms with van der Waals surface area (Å²) >= 11 is 3.40. The maximum Gasteiger partial charge on any atom is 0.358 e. The summed E-state index contributed by atoms with van der Waals surface area (Å²) in [5.74, 6) is -0.310. The monoisotopic (exact) mass is 309 g/mol. The van der Waals surface area contributed by atoms with Gasteiger partial charge in [-0.25, -0.2) is 4.79 Å². The molecule has 0 unspecified atom stereocenters. The lowest BCUT2D eigenvalue weighted by atomic mass is 9.96. The molecular formula is C13H12BrNO3. The summed E-state index contributed by atoms with van der Waals surface area (Å²) in [7, 11) is 0. The largest absolute Gasteiger partial charge is 0.476 e. The summed E-state index contributed by atoms with van der Waals surface area (Å²) in [6, 6.07) is 7.29. The Morgan fingerprint density at radius 2 is 2.11 bits per heavy atom. The zero-order valence-electron chi connectivity index (χ0n) is 9.98. The molecule has 94 valence electrons. The van der Waals surface area contributed by atoms with Crippen LogP contribution >= 0.6 is 15.9 Å². The predicted molar refractivity (Wildman–Crippen MR) is 70.7 cm³/mol. The average molecular weight is 310 g/mol. The lowest BCUT2D eigenvalue weighted by Gasteiger charge is -2.10. The molecule has 0 radical (unpaired) electrons. The molecule has 0 aliphatic heterocycles. The van der Waals surface area contributed by atoms with Gasteiger partial charge in [0.05, 0.1) is 0 Å². The van der Waals surface area contributed by atoms with Gasteiger partial charge in [-0.05, 0) is 23.6 Å². The first-order valence-corrected chi connectivity index (χ1v) is 6.28. The second kappa shape index (κ2) is 4.94. The molecule has 2 rings (SSSR count). The van der Waals surface area contributed by atoms with Crippen LogP contribution in [0.25, 0.3) is 11.3 Å². The van der Waals surface area contributed by atoms with Gasteiger partial charge >= 0.3 is 5.97 Å². The Balaban J connectivity index is 2.54. The summed E-state index contributed by atoms with van der Waals surface area (Å²) in [4.78, 5) is 10.8. The van der Waals surface area contributed by atoms with Crippen molar-refractivity contribution < 1.29 is 14.4 Å². The van der Waals surface area contributed by atoms with Crippen LogP contribution in [0.15, 0.2) is 33.3 Å². The molecule has 5 heteroatoms. The number of carboxylic acids is 1. The van der Waals surface area contributed by atoms with Crippen molar-refractivity contribution >= 4 is 21.9 Å². The molecule has 1 aromatic carbocycles. The van der Waals surface area contributed by atoms with Crippen molar-refractivity contribution in [2.24, 2.45) is 0 Å². The lowest BCUT2D eigenvalue weighted by molar-refractivity contribution is 0.0686. The molecule has 0 saturated carbocycles. The van der Waals surface area contributed by atoms with Crippen molar-refractivity contribution in [3.8, 4) is 11.3 Å². The van der Waals surface area contributed by atoms with Crippen molar-refractivity contribution in [2.75, 3.05) is 0 Å². The molecule has 0 spiro atoms. The van der Waals surface area contributed by atoms with Crippen LogP contribution in [0, 0.1) is 0 Å². The van der Waals surface area contributed by atoms with Gasteiger partial charge in [0.15, 0.2) is 11.5 Å². The molecular weight excluding hydrogens is 298 g/mol. The first kappa shape index (κ1) is 12.8. The number of aromatic carboxylic acids is 1. The van der Waals surface area contributed by atoms with Gasteiger partial charge in [0.25, 0.3) is 0 Å². The number of nitrogens with zero attached hydrogens (tertiary/aromatic N) is 1. The number of halogens is 1. The highest BCUT2D eigenvalue weighted by Crippen LogP contribution is 2.32. The lowest BCUT2D eigenvalue weighted by Crippen LogP contribution is -1.95. The highest BCUT2D eigenvalue weighted by atomic mass is 79.9. The molecule has 0 amide bonds. The van der Waals surface area contributed by atoms with Gasteiger partial charge in [0, 0.05) is 16.1 Å².